The summed E-state index contributed by atoms with van der Waals surface area (Å²) in [7, 11) is 1.72. The number of benzene rings is 1. The Kier molecular flexibility index (Phi) is 7.40. The van der Waals surface area contributed by atoms with Crippen molar-refractivity contribution in [2.24, 2.45) is 10.4 Å². The standard InChI is InChI=1S/C19H22F3N3O.HI/c1-23-17(25-10-7-18(13-25)8-11-26-14-18)24-9-3-5-15-4-2-6-16(12-15)19(20,21)22;/h2,4,6,12H,7-11,13-14H2,1H3,(H,23,24);1H. The molecule has 1 atom stereocenters. The molecule has 27 heavy (non-hydrogen) atoms. The Morgan fingerprint density at radius 2 is 2.19 bits per heavy atom. The van der Waals surface area contributed by atoms with E-state index in [0.29, 0.717) is 12.1 Å². The van der Waals surface area contributed by atoms with Crippen LogP contribution in [0.25, 0.3) is 0 Å². The monoisotopic (exact) mass is 493 g/mol. The Labute approximate surface area is 174 Å². The minimum atomic E-state index is -4.35. The first-order chi connectivity index (χ1) is 12.4. The van der Waals surface area contributed by atoms with Crippen LogP contribution in [0.2, 0.25) is 0 Å². The fourth-order valence-electron chi connectivity index (χ4n) is 3.46. The summed E-state index contributed by atoms with van der Waals surface area (Å²) >= 11 is 0. The van der Waals surface area contributed by atoms with E-state index in [9.17, 15) is 13.2 Å². The van der Waals surface area contributed by atoms with Gasteiger partial charge in [0.05, 0.1) is 18.7 Å². The third-order valence-electron chi connectivity index (χ3n) is 4.89. The van der Waals surface area contributed by atoms with E-state index in [1.165, 1.54) is 6.07 Å². The molecule has 8 heteroatoms. The van der Waals surface area contributed by atoms with Gasteiger partial charge in [0.2, 0.25) is 0 Å². The molecule has 1 aromatic carbocycles. The Bertz CT molecular complexity index is 734. The average Bonchev–Trinajstić information content (AvgIpc) is 3.25. The highest BCUT2D eigenvalue weighted by Crippen LogP contribution is 2.38. The maximum atomic E-state index is 12.7. The van der Waals surface area contributed by atoms with Crippen LogP contribution in [0.5, 0.6) is 0 Å². The predicted molar refractivity (Wildman–Crippen MR) is 109 cm³/mol. The first-order valence-corrected chi connectivity index (χ1v) is 8.61. The highest BCUT2D eigenvalue weighted by molar-refractivity contribution is 14.0. The van der Waals surface area contributed by atoms with Crippen LogP contribution in [0.15, 0.2) is 29.3 Å². The maximum absolute atomic E-state index is 12.7. The number of nitrogens with zero attached hydrogens (tertiary/aromatic N) is 2. The lowest BCUT2D eigenvalue weighted by atomic mass is 9.87. The van der Waals surface area contributed by atoms with Crippen LogP contribution in [-0.4, -0.2) is 50.8 Å². The number of rotatable bonds is 1. The van der Waals surface area contributed by atoms with Crippen molar-refractivity contribution in [1.29, 1.82) is 0 Å². The fourth-order valence-corrected chi connectivity index (χ4v) is 3.46. The smallest absolute Gasteiger partial charge is 0.381 e. The molecule has 1 N–H and O–H groups in total. The summed E-state index contributed by atoms with van der Waals surface area (Å²) in [6.45, 7) is 3.78. The number of hydrogen-bond acceptors (Lipinski definition) is 2. The van der Waals surface area contributed by atoms with Gasteiger partial charge in [-0.15, -0.1) is 24.0 Å². The minimum absolute atomic E-state index is 0. The van der Waals surface area contributed by atoms with E-state index in [1.54, 1.807) is 13.1 Å². The Hall–Kier alpha value is -1.47. The lowest BCUT2D eigenvalue weighted by Gasteiger charge is -2.24. The van der Waals surface area contributed by atoms with Gasteiger partial charge in [-0.05, 0) is 31.0 Å². The largest absolute Gasteiger partial charge is 0.416 e. The molecule has 0 amide bonds. The molecule has 2 aliphatic heterocycles. The fraction of sp³-hybridized carbons (Fsp3) is 0.526. The van der Waals surface area contributed by atoms with Gasteiger partial charge in [-0.25, -0.2) is 0 Å². The lowest BCUT2D eigenvalue weighted by Crippen LogP contribution is -2.41. The Morgan fingerprint density at radius 3 is 2.85 bits per heavy atom. The Balaban J connectivity index is 0.00000261. The van der Waals surface area contributed by atoms with Gasteiger partial charge in [-0.1, -0.05) is 17.9 Å². The number of hydrogen-bond donors (Lipinski definition) is 1. The van der Waals surface area contributed by atoms with Crippen LogP contribution in [0.4, 0.5) is 13.2 Å². The van der Waals surface area contributed by atoms with Crippen molar-refractivity contribution in [2.45, 2.75) is 19.0 Å². The van der Waals surface area contributed by atoms with Crippen LogP contribution in [0.1, 0.15) is 24.0 Å². The van der Waals surface area contributed by atoms with E-state index in [2.05, 4.69) is 27.0 Å². The second kappa shape index (κ2) is 9.15. The molecule has 0 aliphatic carbocycles. The maximum Gasteiger partial charge on any atom is 0.416 e. The third-order valence-corrected chi connectivity index (χ3v) is 4.89. The predicted octanol–water partition coefficient (Wildman–Crippen LogP) is 3.36. The van der Waals surface area contributed by atoms with Crippen molar-refractivity contribution < 1.29 is 17.9 Å². The number of ether oxygens (including phenoxy) is 1. The molecule has 0 bridgehead atoms. The number of nitrogens with one attached hydrogen (secondary N) is 1. The average molecular weight is 493 g/mol. The topological polar surface area (TPSA) is 36.9 Å². The van der Waals surface area contributed by atoms with Gasteiger partial charge in [0, 0.05) is 37.7 Å². The molecule has 2 aliphatic rings. The molecule has 0 aromatic heterocycles. The van der Waals surface area contributed by atoms with E-state index < -0.39 is 11.7 Å². The van der Waals surface area contributed by atoms with Gasteiger partial charge in [0.25, 0.3) is 0 Å². The molecule has 0 saturated carbocycles. The van der Waals surface area contributed by atoms with Gasteiger partial charge in [0.1, 0.15) is 0 Å². The molecule has 2 fully saturated rings. The number of aliphatic imine (C=N–C) groups is 1. The molecule has 0 radical (unpaired) electrons. The van der Waals surface area contributed by atoms with Gasteiger partial charge >= 0.3 is 6.18 Å². The molecule has 148 valence electrons. The van der Waals surface area contributed by atoms with E-state index in [1.807, 2.05) is 0 Å². The zero-order chi connectivity index (χ0) is 18.6. The van der Waals surface area contributed by atoms with Crippen molar-refractivity contribution >= 4 is 29.9 Å². The molecule has 2 saturated heterocycles. The van der Waals surface area contributed by atoms with E-state index >= 15 is 0 Å². The normalized spacial score (nSPS) is 22.4. The highest BCUT2D eigenvalue weighted by Gasteiger charge is 2.42. The summed E-state index contributed by atoms with van der Waals surface area (Å²) in [5.74, 6) is 6.41. The molecule has 2 heterocycles. The van der Waals surface area contributed by atoms with Crippen molar-refractivity contribution in [1.82, 2.24) is 10.2 Å². The highest BCUT2D eigenvalue weighted by atomic mass is 127. The van der Waals surface area contributed by atoms with Crippen molar-refractivity contribution in [3.8, 4) is 11.8 Å². The molecular weight excluding hydrogens is 470 g/mol. The first-order valence-electron chi connectivity index (χ1n) is 8.61. The van der Waals surface area contributed by atoms with Crippen LogP contribution < -0.4 is 5.32 Å². The number of likely N-dealkylation sites (tertiary alicyclic amines) is 1. The summed E-state index contributed by atoms with van der Waals surface area (Å²) in [5, 5.41) is 3.17. The number of halogens is 4. The molecule has 3 rings (SSSR count). The molecule has 1 aromatic rings. The summed E-state index contributed by atoms with van der Waals surface area (Å²) in [6, 6.07) is 5.04. The SMILES string of the molecule is CN=C(NCC#Cc1cccc(C(F)(F)F)c1)N1CCC2(CCOC2)C1.I. The van der Waals surface area contributed by atoms with E-state index in [0.717, 1.165) is 57.2 Å². The van der Waals surface area contributed by atoms with Crippen LogP contribution in [0.3, 0.4) is 0 Å². The number of alkyl halides is 3. The van der Waals surface area contributed by atoms with Gasteiger partial charge in [-0.3, -0.25) is 4.99 Å². The molecule has 1 spiro atoms. The summed E-state index contributed by atoms with van der Waals surface area (Å²) in [5.41, 5.74) is -0.101. The summed E-state index contributed by atoms with van der Waals surface area (Å²) in [6.07, 6.45) is -2.19. The zero-order valence-corrected chi connectivity index (χ0v) is 17.4. The molecule has 4 nitrogen and oxygen atoms in total. The molecular formula is C19H23F3IN3O. The van der Waals surface area contributed by atoms with Crippen molar-refractivity contribution in [3.05, 3.63) is 35.4 Å². The quantitative estimate of drug-likeness (QED) is 0.282. The second-order valence-corrected chi connectivity index (χ2v) is 6.76. The van der Waals surface area contributed by atoms with Gasteiger partial charge in [0.15, 0.2) is 5.96 Å². The Morgan fingerprint density at radius 1 is 1.37 bits per heavy atom. The zero-order valence-electron chi connectivity index (χ0n) is 15.1. The number of guanidine groups is 1. The van der Waals surface area contributed by atoms with E-state index in [-0.39, 0.29) is 29.4 Å². The van der Waals surface area contributed by atoms with Crippen molar-refractivity contribution in [3.63, 3.8) is 0 Å². The summed E-state index contributed by atoms with van der Waals surface area (Å²) in [4.78, 5) is 6.48. The van der Waals surface area contributed by atoms with Crippen molar-refractivity contribution in [2.75, 3.05) is 39.9 Å². The molecule has 1 unspecified atom stereocenters. The first kappa shape index (κ1) is 21.8. The summed E-state index contributed by atoms with van der Waals surface area (Å²) < 4.78 is 43.7. The lowest BCUT2D eigenvalue weighted by molar-refractivity contribution is -0.137. The third kappa shape index (κ3) is 5.51. The second-order valence-electron chi connectivity index (χ2n) is 6.76. The van der Waals surface area contributed by atoms with Crippen LogP contribution >= 0.6 is 24.0 Å². The van der Waals surface area contributed by atoms with Crippen LogP contribution in [0, 0.1) is 17.3 Å². The van der Waals surface area contributed by atoms with Gasteiger partial charge < -0.3 is 15.0 Å². The van der Waals surface area contributed by atoms with Crippen LogP contribution in [-0.2, 0) is 10.9 Å². The van der Waals surface area contributed by atoms with Gasteiger partial charge in [-0.2, -0.15) is 13.2 Å². The van der Waals surface area contributed by atoms with E-state index in [4.69, 9.17) is 4.74 Å². The minimum Gasteiger partial charge on any atom is -0.381 e.